The molecule has 132 valence electrons. The van der Waals surface area contributed by atoms with Crippen LogP contribution in [0.4, 0.5) is 0 Å². The number of H-pyrrole nitrogens is 2. The topological polar surface area (TPSA) is 57.4 Å². The molecule has 2 aliphatic heterocycles. The van der Waals surface area contributed by atoms with E-state index in [2.05, 4.69) is 126 Å². The van der Waals surface area contributed by atoms with Gasteiger partial charge in [0.2, 0.25) is 0 Å². The van der Waals surface area contributed by atoms with Crippen molar-refractivity contribution in [3.05, 3.63) is 68.8 Å². The summed E-state index contributed by atoms with van der Waals surface area (Å²) in [5.74, 6) is 0. The number of nitrogens with one attached hydrogen (secondary N) is 2. The van der Waals surface area contributed by atoms with Crippen molar-refractivity contribution in [2.24, 2.45) is 0 Å². The Hall–Kier alpha value is -1.21. The molecule has 2 N–H and O–H groups in total. The van der Waals surface area contributed by atoms with Gasteiger partial charge in [-0.3, -0.25) is 0 Å². The normalized spacial score (nSPS) is 13.4. The summed E-state index contributed by atoms with van der Waals surface area (Å²) in [7, 11) is 0. The maximum atomic E-state index is 4.90. The predicted molar refractivity (Wildman–Crippen MR) is 138 cm³/mol. The second kappa shape index (κ2) is 6.99. The fourth-order valence-corrected chi connectivity index (χ4v) is 5.45. The summed E-state index contributed by atoms with van der Waals surface area (Å²) in [4.78, 5) is 16.5. The largest absolute Gasteiger partial charge is 0.355 e. The third-order valence-electron chi connectivity index (χ3n) is 4.32. The zero-order valence-electron chi connectivity index (χ0n) is 13.7. The Morgan fingerprint density at radius 3 is 2.00 bits per heavy atom. The van der Waals surface area contributed by atoms with Crippen LogP contribution in [0.1, 0.15) is 22.8 Å². The van der Waals surface area contributed by atoms with Crippen molar-refractivity contribution in [3.63, 3.8) is 0 Å². The van der Waals surface area contributed by atoms with Crippen LogP contribution in [-0.4, -0.2) is 19.9 Å². The molecular formula is C20H11I3N4. The van der Waals surface area contributed by atoms with Crippen LogP contribution < -0.4 is 0 Å². The quantitative estimate of drug-likeness (QED) is 0.200. The molecule has 0 spiro atoms. The summed E-state index contributed by atoms with van der Waals surface area (Å²) in [6.45, 7) is 0. The van der Waals surface area contributed by atoms with Crippen LogP contribution in [0.2, 0.25) is 0 Å². The van der Waals surface area contributed by atoms with E-state index in [1.54, 1.807) is 0 Å². The van der Waals surface area contributed by atoms with E-state index in [1.165, 1.54) is 0 Å². The molecule has 3 aromatic heterocycles. The molecule has 0 unspecified atom stereocenters. The maximum absolute atomic E-state index is 4.90. The zero-order chi connectivity index (χ0) is 18.5. The van der Waals surface area contributed by atoms with Crippen molar-refractivity contribution in [1.29, 1.82) is 0 Å². The molecule has 4 nitrogen and oxygen atoms in total. The fraction of sp³-hybridized carbons (Fsp3) is 0. The van der Waals surface area contributed by atoms with Gasteiger partial charge in [-0.2, -0.15) is 0 Å². The monoisotopic (exact) mass is 688 g/mol. The molecule has 0 saturated heterocycles. The van der Waals surface area contributed by atoms with E-state index >= 15 is 0 Å². The zero-order valence-corrected chi connectivity index (χ0v) is 20.2. The molecule has 0 atom stereocenters. The van der Waals surface area contributed by atoms with Crippen LogP contribution in [0.5, 0.6) is 0 Å². The number of nitrogens with zero attached hydrogens (tertiary/aromatic N) is 2. The van der Waals surface area contributed by atoms with Crippen LogP contribution in [-0.2, 0) is 0 Å². The first-order valence-electron chi connectivity index (χ1n) is 8.18. The number of aromatic nitrogens is 4. The lowest BCUT2D eigenvalue weighted by molar-refractivity contribution is 1.25. The van der Waals surface area contributed by atoms with E-state index in [-0.39, 0.29) is 0 Å². The minimum absolute atomic E-state index is 0.935. The van der Waals surface area contributed by atoms with Crippen LogP contribution in [0.3, 0.4) is 0 Å². The average molecular weight is 688 g/mol. The standard InChI is InChI=1S/C20H11I3N4/c21-17-16-9-14-4-3-11(25-14)7-10-1-2-12(24-10)8-13-5-6-15(26-13)18(22)20(27-16)19(17)23/h1-9,24-25H. The van der Waals surface area contributed by atoms with Gasteiger partial charge in [0.05, 0.1) is 33.5 Å². The first kappa shape index (κ1) is 17.9. The molecule has 0 radical (unpaired) electrons. The lowest BCUT2D eigenvalue weighted by atomic mass is 10.3. The van der Waals surface area contributed by atoms with Gasteiger partial charge in [0.15, 0.2) is 0 Å². The van der Waals surface area contributed by atoms with Gasteiger partial charge in [-0.15, -0.1) is 0 Å². The Morgan fingerprint density at radius 2 is 1.30 bits per heavy atom. The summed E-state index contributed by atoms with van der Waals surface area (Å²) in [5.41, 5.74) is 8.02. The van der Waals surface area contributed by atoms with E-state index < -0.39 is 0 Å². The molecule has 0 aromatic carbocycles. The van der Waals surface area contributed by atoms with Gasteiger partial charge in [-0.1, -0.05) is 0 Å². The Kier molecular flexibility index (Phi) is 4.63. The van der Waals surface area contributed by atoms with Crippen molar-refractivity contribution in [3.8, 4) is 0 Å². The third kappa shape index (κ3) is 3.37. The van der Waals surface area contributed by atoms with Gasteiger partial charge in [0.1, 0.15) is 0 Å². The van der Waals surface area contributed by atoms with Crippen molar-refractivity contribution >= 4 is 109 Å². The van der Waals surface area contributed by atoms with Gasteiger partial charge in [0, 0.05) is 22.1 Å². The Labute approximate surface area is 196 Å². The molecule has 5 heterocycles. The van der Waals surface area contributed by atoms with Crippen LogP contribution in [0, 0.1) is 3.57 Å². The molecule has 3 aromatic rings. The number of hydrogen-bond acceptors (Lipinski definition) is 2. The molecule has 2 aliphatic rings. The van der Waals surface area contributed by atoms with Crippen LogP contribution in [0.25, 0.3) is 41.4 Å². The molecule has 0 saturated carbocycles. The van der Waals surface area contributed by atoms with Gasteiger partial charge in [0.25, 0.3) is 0 Å². The molecular weight excluding hydrogens is 677 g/mol. The van der Waals surface area contributed by atoms with Crippen LogP contribution in [0.15, 0.2) is 42.5 Å². The summed E-state index contributed by atoms with van der Waals surface area (Å²) in [6.07, 6.45) is 4.10. The number of hydrogen-bond donors (Lipinski definition) is 2. The Balaban J connectivity index is 1.91. The number of aromatic amines is 2. The number of rotatable bonds is 0. The predicted octanol–water partition coefficient (Wildman–Crippen LogP) is 6.79. The molecule has 5 rings (SSSR count). The van der Waals surface area contributed by atoms with E-state index in [0.29, 0.717) is 0 Å². The Morgan fingerprint density at radius 1 is 0.667 bits per heavy atom. The summed E-state index contributed by atoms with van der Waals surface area (Å²) >= 11 is 7.10. The minimum Gasteiger partial charge on any atom is -0.355 e. The van der Waals surface area contributed by atoms with Gasteiger partial charge < -0.3 is 9.97 Å². The number of halogens is 3. The molecule has 0 fully saturated rings. The highest BCUT2D eigenvalue weighted by Crippen LogP contribution is 2.41. The fourth-order valence-electron chi connectivity index (χ4n) is 3.05. The molecule has 8 bridgehead atoms. The van der Waals surface area contributed by atoms with Crippen molar-refractivity contribution in [1.82, 2.24) is 19.9 Å². The van der Waals surface area contributed by atoms with Gasteiger partial charge in [-0.25, -0.2) is 9.97 Å². The first-order valence-corrected chi connectivity index (χ1v) is 11.4. The van der Waals surface area contributed by atoms with E-state index in [4.69, 9.17) is 9.97 Å². The van der Waals surface area contributed by atoms with Crippen molar-refractivity contribution in [2.45, 2.75) is 0 Å². The maximum Gasteiger partial charge on any atom is 0.0937 e. The smallest absolute Gasteiger partial charge is 0.0937 e. The average Bonchev–Trinajstić information content (AvgIpc) is 3.42. The SMILES string of the molecule is IC1=C(I)c2nc1cc1ccc(cc3ccc(cc4nc(c2I)C=C4)[nH]3)[nH]1. The van der Waals surface area contributed by atoms with Crippen molar-refractivity contribution in [2.75, 3.05) is 0 Å². The lowest BCUT2D eigenvalue weighted by Gasteiger charge is -1.96. The lowest BCUT2D eigenvalue weighted by Crippen LogP contribution is -1.87. The highest BCUT2D eigenvalue weighted by molar-refractivity contribution is 14.1. The summed E-state index contributed by atoms with van der Waals surface area (Å²) in [6, 6.07) is 14.6. The molecule has 0 amide bonds. The second-order valence-electron chi connectivity index (χ2n) is 6.21. The van der Waals surface area contributed by atoms with Crippen LogP contribution >= 0.6 is 67.8 Å². The highest BCUT2D eigenvalue weighted by Gasteiger charge is 2.19. The molecule has 0 aliphatic carbocycles. The minimum atomic E-state index is 0.935. The summed E-state index contributed by atoms with van der Waals surface area (Å²) < 4.78 is 3.39. The molecule has 27 heavy (non-hydrogen) atoms. The third-order valence-corrected chi connectivity index (χ3v) is 8.56. The highest BCUT2D eigenvalue weighted by atomic mass is 127. The van der Waals surface area contributed by atoms with E-state index in [1.807, 2.05) is 6.08 Å². The van der Waals surface area contributed by atoms with Gasteiger partial charge in [-0.05, 0) is 122 Å². The molecule has 7 heteroatoms. The first-order chi connectivity index (χ1) is 13.1. The Bertz CT molecular complexity index is 1310. The van der Waals surface area contributed by atoms with E-state index in [0.717, 1.165) is 55.6 Å². The van der Waals surface area contributed by atoms with E-state index in [9.17, 15) is 0 Å². The van der Waals surface area contributed by atoms with Crippen molar-refractivity contribution < 1.29 is 0 Å². The van der Waals surface area contributed by atoms with Gasteiger partial charge >= 0.3 is 0 Å². The number of fused-ring (bicyclic) bond motifs is 8. The second-order valence-corrected chi connectivity index (χ2v) is 9.45. The summed E-state index contributed by atoms with van der Waals surface area (Å²) in [5, 5.41) is 0.